The van der Waals surface area contributed by atoms with Gasteiger partial charge in [-0.15, -0.1) is 0 Å². The van der Waals surface area contributed by atoms with E-state index in [1.54, 1.807) is 18.2 Å². The average molecular weight is 424 g/mol. The highest BCUT2D eigenvalue weighted by molar-refractivity contribution is 6.22. The molecule has 1 unspecified atom stereocenters. The van der Waals surface area contributed by atoms with Crippen LogP contribution in [0.2, 0.25) is 0 Å². The van der Waals surface area contributed by atoms with Crippen molar-refractivity contribution >= 4 is 29.4 Å². The number of anilines is 1. The molecular formula is C22H20N2O7. The molecule has 2 aliphatic rings. The molecule has 0 bridgehead atoms. The van der Waals surface area contributed by atoms with Crippen LogP contribution in [0.4, 0.5) is 5.69 Å². The van der Waals surface area contributed by atoms with Gasteiger partial charge in [-0.2, -0.15) is 0 Å². The third-order valence-corrected chi connectivity index (χ3v) is 5.10. The topological polar surface area (TPSA) is 122 Å². The maximum Gasteiger partial charge on any atom is 0.341 e. The molecule has 9 nitrogen and oxygen atoms in total. The molecule has 9 heteroatoms. The van der Waals surface area contributed by atoms with Crippen molar-refractivity contribution in [3.63, 3.8) is 0 Å². The van der Waals surface area contributed by atoms with Crippen molar-refractivity contribution in [2.75, 3.05) is 25.1 Å². The first-order valence-electron chi connectivity index (χ1n) is 9.80. The number of fused-ring (bicyclic) bond motifs is 1. The zero-order chi connectivity index (χ0) is 22.0. The van der Waals surface area contributed by atoms with Crippen LogP contribution in [0.25, 0.3) is 0 Å². The van der Waals surface area contributed by atoms with Crippen LogP contribution in [0, 0.1) is 0 Å². The van der Waals surface area contributed by atoms with Gasteiger partial charge in [0.25, 0.3) is 17.7 Å². The molecule has 4 rings (SSSR count). The molecule has 1 saturated heterocycles. The second-order valence-electron chi connectivity index (χ2n) is 7.28. The first-order valence-corrected chi connectivity index (χ1v) is 9.80. The van der Waals surface area contributed by atoms with Gasteiger partial charge in [-0.3, -0.25) is 19.3 Å². The molecule has 1 fully saturated rings. The van der Waals surface area contributed by atoms with Crippen molar-refractivity contribution in [2.45, 2.75) is 18.9 Å². The molecule has 2 aliphatic heterocycles. The van der Waals surface area contributed by atoms with Crippen LogP contribution in [0.3, 0.4) is 0 Å². The lowest BCUT2D eigenvalue weighted by Crippen LogP contribution is -2.36. The number of hydrogen-bond donors (Lipinski definition) is 2. The van der Waals surface area contributed by atoms with Gasteiger partial charge in [0.2, 0.25) is 0 Å². The van der Waals surface area contributed by atoms with Crippen molar-refractivity contribution in [2.24, 2.45) is 0 Å². The fourth-order valence-electron chi connectivity index (χ4n) is 3.60. The SMILES string of the molecule is O=C(O)COc1cccc(NC(=O)c2ccc3c(c2)C(=O)N(CC2CCCO2)C3=O)c1. The van der Waals surface area contributed by atoms with Gasteiger partial charge in [-0.1, -0.05) is 6.07 Å². The van der Waals surface area contributed by atoms with Gasteiger partial charge in [-0.25, -0.2) is 4.79 Å². The van der Waals surface area contributed by atoms with Crippen LogP contribution in [0.5, 0.6) is 5.75 Å². The van der Waals surface area contributed by atoms with E-state index < -0.39 is 24.4 Å². The van der Waals surface area contributed by atoms with Gasteiger partial charge >= 0.3 is 5.97 Å². The fourth-order valence-corrected chi connectivity index (χ4v) is 3.60. The van der Waals surface area contributed by atoms with Crippen LogP contribution in [-0.4, -0.2) is 59.6 Å². The number of amides is 3. The smallest absolute Gasteiger partial charge is 0.341 e. The van der Waals surface area contributed by atoms with Crippen molar-refractivity contribution in [3.05, 3.63) is 59.2 Å². The summed E-state index contributed by atoms with van der Waals surface area (Å²) in [6, 6.07) is 10.7. The van der Waals surface area contributed by atoms with Crippen molar-refractivity contribution in [3.8, 4) is 5.75 Å². The zero-order valence-electron chi connectivity index (χ0n) is 16.5. The Bertz CT molecular complexity index is 1060. The standard InChI is InChI=1S/C22H20N2O7/c25-19(26)12-31-15-4-1-3-14(10-15)23-20(27)13-6-7-17-18(9-13)22(29)24(21(17)28)11-16-5-2-8-30-16/h1,3-4,6-7,9-10,16H,2,5,8,11-12H2,(H,23,27)(H,25,26). The average Bonchev–Trinajstić information content (AvgIpc) is 3.35. The normalized spacial score (nSPS) is 17.5. The summed E-state index contributed by atoms with van der Waals surface area (Å²) in [4.78, 5) is 49.8. The van der Waals surface area contributed by atoms with E-state index in [4.69, 9.17) is 14.6 Å². The first kappa shape index (κ1) is 20.5. The molecule has 0 aliphatic carbocycles. The number of aliphatic carboxylic acids is 1. The van der Waals surface area contributed by atoms with E-state index in [9.17, 15) is 19.2 Å². The molecule has 0 aromatic heterocycles. The third-order valence-electron chi connectivity index (χ3n) is 5.10. The summed E-state index contributed by atoms with van der Waals surface area (Å²) in [5.74, 6) is -2.11. The Morgan fingerprint density at radius 1 is 1.13 bits per heavy atom. The van der Waals surface area contributed by atoms with Crippen LogP contribution >= 0.6 is 0 Å². The highest BCUT2D eigenvalue weighted by Gasteiger charge is 2.37. The Morgan fingerprint density at radius 3 is 2.68 bits per heavy atom. The molecule has 0 saturated carbocycles. The maximum atomic E-state index is 12.8. The molecule has 0 radical (unpaired) electrons. The van der Waals surface area contributed by atoms with Crippen LogP contribution < -0.4 is 10.1 Å². The van der Waals surface area contributed by atoms with E-state index in [0.717, 1.165) is 12.8 Å². The molecule has 160 valence electrons. The largest absolute Gasteiger partial charge is 0.482 e. The van der Waals surface area contributed by atoms with E-state index in [1.165, 1.54) is 29.2 Å². The van der Waals surface area contributed by atoms with Crippen LogP contribution in [-0.2, 0) is 9.53 Å². The Labute approximate surface area is 177 Å². The number of carbonyl (C=O) groups is 4. The number of carbonyl (C=O) groups excluding carboxylic acids is 3. The zero-order valence-corrected chi connectivity index (χ0v) is 16.5. The third kappa shape index (κ3) is 4.41. The molecule has 2 N–H and O–H groups in total. The Kier molecular flexibility index (Phi) is 5.68. The minimum atomic E-state index is -1.11. The second kappa shape index (κ2) is 8.57. The molecule has 0 spiro atoms. The van der Waals surface area contributed by atoms with Gasteiger partial charge < -0.3 is 19.9 Å². The molecule has 3 amide bonds. The summed E-state index contributed by atoms with van der Waals surface area (Å²) in [7, 11) is 0. The Hall–Kier alpha value is -3.72. The molecule has 31 heavy (non-hydrogen) atoms. The Balaban J connectivity index is 1.47. The van der Waals surface area contributed by atoms with Gasteiger partial charge in [0.1, 0.15) is 5.75 Å². The monoisotopic (exact) mass is 424 g/mol. The number of imide groups is 1. The molecule has 2 aromatic rings. The number of nitrogens with zero attached hydrogens (tertiary/aromatic N) is 1. The molecule has 1 atom stereocenters. The first-order chi connectivity index (χ1) is 14.9. The van der Waals surface area contributed by atoms with Crippen LogP contribution in [0.1, 0.15) is 43.9 Å². The van der Waals surface area contributed by atoms with E-state index in [-0.39, 0.29) is 35.2 Å². The number of carboxylic acids is 1. The molecular weight excluding hydrogens is 404 g/mol. The second-order valence-corrected chi connectivity index (χ2v) is 7.28. The van der Waals surface area contributed by atoms with E-state index in [1.807, 2.05) is 0 Å². The number of nitrogens with one attached hydrogen (secondary N) is 1. The van der Waals surface area contributed by atoms with Crippen molar-refractivity contribution in [1.82, 2.24) is 4.90 Å². The lowest BCUT2D eigenvalue weighted by atomic mass is 10.1. The number of carboxylic acid groups (broad SMARTS) is 1. The number of rotatable bonds is 7. The lowest BCUT2D eigenvalue weighted by molar-refractivity contribution is -0.139. The van der Waals surface area contributed by atoms with Gasteiger partial charge in [0.15, 0.2) is 6.61 Å². The van der Waals surface area contributed by atoms with E-state index in [2.05, 4.69) is 5.32 Å². The highest BCUT2D eigenvalue weighted by Crippen LogP contribution is 2.26. The number of hydrogen-bond acceptors (Lipinski definition) is 6. The minimum Gasteiger partial charge on any atom is -0.482 e. The summed E-state index contributed by atoms with van der Waals surface area (Å²) < 4.78 is 10.6. The fraction of sp³-hybridized carbons (Fsp3) is 0.273. The highest BCUT2D eigenvalue weighted by atomic mass is 16.5. The summed E-state index contributed by atoms with van der Waals surface area (Å²) in [6.07, 6.45) is 1.55. The lowest BCUT2D eigenvalue weighted by Gasteiger charge is -2.17. The molecule has 2 aromatic carbocycles. The predicted molar refractivity (Wildman–Crippen MR) is 108 cm³/mol. The van der Waals surface area contributed by atoms with Crippen LogP contribution in [0.15, 0.2) is 42.5 Å². The summed E-state index contributed by atoms with van der Waals surface area (Å²) >= 11 is 0. The summed E-state index contributed by atoms with van der Waals surface area (Å²) in [5.41, 5.74) is 1.07. The maximum absolute atomic E-state index is 12.8. The van der Waals surface area contributed by atoms with Gasteiger partial charge in [0, 0.05) is 23.9 Å². The molecule has 2 heterocycles. The Morgan fingerprint density at radius 2 is 1.94 bits per heavy atom. The summed E-state index contributed by atoms with van der Waals surface area (Å²) in [6.45, 7) is 0.332. The van der Waals surface area contributed by atoms with E-state index >= 15 is 0 Å². The quantitative estimate of drug-likeness (QED) is 0.653. The van der Waals surface area contributed by atoms with Crippen molar-refractivity contribution < 1.29 is 33.8 Å². The van der Waals surface area contributed by atoms with Crippen molar-refractivity contribution in [1.29, 1.82) is 0 Å². The van der Waals surface area contributed by atoms with Gasteiger partial charge in [0.05, 0.1) is 23.8 Å². The minimum absolute atomic E-state index is 0.152. The van der Waals surface area contributed by atoms with Gasteiger partial charge in [-0.05, 0) is 43.2 Å². The predicted octanol–water partition coefficient (Wildman–Crippen LogP) is 2.18. The van der Waals surface area contributed by atoms with E-state index in [0.29, 0.717) is 18.0 Å². The number of ether oxygens (including phenoxy) is 2. The summed E-state index contributed by atoms with van der Waals surface area (Å²) in [5, 5.41) is 11.4. The number of benzene rings is 2.